The lowest BCUT2D eigenvalue weighted by atomic mass is 9.86. The van der Waals surface area contributed by atoms with Crippen molar-refractivity contribution in [3.8, 4) is 0 Å². The number of rotatable bonds is 5. The molecule has 0 radical (unpaired) electrons. The fourth-order valence-corrected chi connectivity index (χ4v) is 3.79. The summed E-state index contributed by atoms with van der Waals surface area (Å²) < 4.78 is 14.1. The van der Waals surface area contributed by atoms with E-state index in [9.17, 15) is 4.39 Å². The van der Waals surface area contributed by atoms with Crippen molar-refractivity contribution in [3.05, 3.63) is 88.4 Å². The molecule has 136 valence electrons. The van der Waals surface area contributed by atoms with Crippen LogP contribution in [0.3, 0.4) is 0 Å². The Kier molecular flexibility index (Phi) is 5.92. The first kappa shape index (κ1) is 18.4. The smallest absolute Gasteiger partial charge is 0.108 e. The molecule has 0 fully saturated rings. The lowest BCUT2D eigenvalue weighted by Crippen LogP contribution is -2.05. The molecule has 3 rings (SSSR count). The molecule has 2 aliphatic rings. The molecule has 0 amide bonds. The molecule has 0 spiro atoms. The number of hydrogen-bond donors (Lipinski definition) is 1. The fourth-order valence-electron chi connectivity index (χ4n) is 3.79. The second-order valence-corrected chi connectivity index (χ2v) is 7.15. The summed E-state index contributed by atoms with van der Waals surface area (Å²) in [5.74, 6) is -0.0637. The quantitative estimate of drug-likeness (QED) is 0.631. The van der Waals surface area contributed by atoms with Gasteiger partial charge in [-0.15, -0.1) is 0 Å². The number of allylic oxidation sites excluding steroid dienone is 8. The number of fused-ring (bicyclic) bond motifs is 1. The molecule has 0 unspecified atom stereocenters. The van der Waals surface area contributed by atoms with E-state index < -0.39 is 0 Å². The minimum absolute atomic E-state index is 0.0637. The van der Waals surface area contributed by atoms with E-state index in [1.54, 1.807) is 0 Å². The van der Waals surface area contributed by atoms with Crippen LogP contribution in [0.15, 0.2) is 66.2 Å². The molecule has 1 N–H and O–H groups in total. The number of benzene rings is 1. The van der Waals surface area contributed by atoms with Crippen LogP contribution in [0.5, 0.6) is 0 Å². The highest BCUT2D eigenvalue weighted by Crippen LogP contribution is 2.30. The largest absolute Gasteiger partial charge is 0.393 e. The highest BCUT2D eigenvalue weighted by molar-refractivity contribution is 5.77. The maximum atomic E-state index is 14.1. The minimum Gasteiger partial charge on any atom is -0.393 e. The maximum Gasteiger partial charge on any atom is 0.108 e. The van der Waals surface area contributed by atoms with Crippen LogP contribution in [0.25, 0.3) is 5.57 Å². The van der Waals surface area contributed by atoms with Crippen molar-refractivity contribution in [2.45, 2.75) is 45.4 Å². The maximum absolute atomic E-state index is 14.1. The van der Waals surface area contributed by atoms with E-state index in [-0.39, 0.29) is 5.83 Å². The highest BCUT2D eigenvalue weighted by atomic mass is 19.1. The van der Waals surface area contributed by atoms with Crippen molar-refractivity contribution in [2.75, 3.05) is 7.05 Å². The van der Waals surface area contributed by atoms with Gasteiger partial charge >= 0.3 is 0 Å². The highest BCUT2D eigenvalue weighted by Gasteiger charge is 2.14. The molecule has 1 nitrogen and oxygen atoms in total. The zero-order chi connectivity index (χ0) is 18.5. The van der Waals surface area contributed by atoms with Crippen molar-refractivity contribution in [1.29, 1.82) is 0 Å². The van der Waals surface area contributed by atoms with E-state index in [1.807, 2.05) is 37.6 Å². The molecule has 1 aromatic carbocycles. The molecular formula is C24H28FN. The van der Waals surface area contributed by atoms with E-state index in [0.717, 1.165) is 24.0 Å². The zero-order valence-electron chi connectivity index (χ0n) is 15.9. The van der Waals surface area contributed by atoms with Gasteiger partial charge in [-0.2, -0.15) is 0 Å². The molecule has 0 bridgehead atoms. The molecule has 0 aromatic heterocycles. The van der Waals surface area contributed by atoms with Gasteiger partial charge in [0.15, 0.2) is 0 Å². The third kappa shape index (κ3) is 4.07. The first-order valence-corrected chi connectivity index (χ1v) is 9.53. The first-order valence-electron chi connectivity index (χ1n) is 9.53. The normalized spacial score (nSPS) is 17.6. The summed E-state index contributed by atoms with van der Waals surface area (Å²) in [5, 5.41) is 3.14. The topological polar surface area (TPSA) is 12.0 Å². The zero-order valence-corrected chi connectivity index (χ0v) is 15.9. The Balaban J connectivity index is 1.90. The second kappa shape index (κ2) is 8.35. The Morgan fingerprint density at radius 1 is 1.12 bits per heavy atom. The van der Waals surface area contributed by atoms with Crippen LogP contribution >= 0.6 is 0 Å². The van der Waals surface area contributed by atoms with E-state index in [1.165, 1.54) is 41.5 Å². The van der Waals surface area contributed by atoms with Gasteiger partial charge in [0, 0.05) is 25.2 Å². The van der Waals surface area contributed by atoms with E-state index in [2.05, 4.69) is 31.0 Å². The Labute approximate surface area is 156 Å². The lowest BCUT2D eigenvalue weighted by molar-refractivity contribution is 0.580. The monoisotopic (exact) mass is 349 g/mol. The summed E-state index contributed by atoms with van der Waals surface area (Å²) in [4.78, 5) is 0. The molecule has 0 aliphatic heterocycles. The first-order chi connectivity index (χ1) is 12.6. The van der Waals surface area contributed by atoms with Gasteiger partial charge in [0.25, 0.3) is 0 Å². The molecule has 0 atom stereocenters. The van der Waals surface area contributed by atoms with Crippen LogP contribution in [0.1, 0.15) is 47.9 Å². The van der Waals surface area contributed by atoms with Crippen LogP contribution < -0.4 is 5.32 Å². The van der Waals surface area contributed by atoms with Gasteiger partial charge in [0.1, 0.15) is 5.83 Å². The Morgan fingerprint density at radius 2 is 1.85 bits per heavy atom. The predicted molar refractivity (Wildman–Crippen MR) is 110 cm³/mol. The summed E-state index contributed by atoms with van der Waals surface area (Å²) in [5.41, 5.74) is 7.92. The van der Waals surface area contributed by atoms with Gasteiger partial charge in [-0.05, 0) is 72.4 Å². The van der Waals surface area contributed by atoms with Gasteiger partial charge < -0.3 is 5.32 Å². The van der Waals surface area contributed by atoms with Gasteiger partial charge in [-0.1, -0.05) is 43.0 Å². The summed E-state index contributed by atoms with van der Waals surface area (Å²) in [7, 11) is 1.91. The average Bonchev–Trinajstić information content (AvgIpc) is 2.65. The molecule has 1 aromatic rings. The van der Waals surface area contributed by atoms with Crippen molar-refractivity contribution in [3.63, 3.8) is 0 Å². The van der Waals surface area contributed by atoms with E-state index in [0.29, 0.717) is 12.0 Å². The fraction of sp³-hybridized carbons (Fsp3) is 0.333. The standard InChI is InChI=1S/C24H28FN/c1-17(22-10-6-7-11-24(22)25)12-13-21(16-26-3)23-15-20-9-5-4-8-19(20)14-18(23)2/h6,10,12-16,26H,1,4-5,7-9,11H2,2-3H3/b13-12-,21-16+. The SMILES string of the molecule is C=C(/C=C\C(=C/NC)c1cc2c(cc1C)CCCC2)C1=C(F)CCC=C1. The van der Waals surface area contributed by atoms with Crippen LogP contribution in [0.2, 0.25) is 0 Å². The minimum atomic E-state index is -0.0637. The summed E-state index contributed by atoms with van der Waals surface area (Å²) in [6, 6.07) is 4.67. The summed E-state index contributed by atoms with van der Waals surface area (Å²) in [6.45, 7) is 6.23. The van der Waals surface area contributed by atoms with E-state index in [4.69, 9.17) is 0 Å². The summed E-state index contributed by atoms with van der Waals surface area (Å²) in [6.07, 6.45) is 16.0. The van der Waals surface area contributed by atoms with Crippen LogP contribution in [0, 0.1) is 6.92 Å². The van der Waals surface area contributed by atoms with Crippen LogP contribution in [-0.2, 0) is 12.8 Å². The van der Waals surface area contributed by atoms with Gasteiger partial charge in [0.2, 0.25) is 0 Å². The van der Waals surface area contributed by atoms with Crippen molar-refractivity contribution >= 4 is 5.57 Å². The van der Waals surface area contributed by atoms with Crippen LogP contribution in [-0.4, -0.2) is 7.05 Å². The Morgan fingerprint density at radius 3 is 2.54 bits per heavy atom. The number of aryl methyl sites for hydroxylation is 3. The molecule has 26 heavy (non-hydrogen) atoms. The molecule has 0 saturated heterocycles. The average molecular weight is 349 g/mol. The van der Waals surface area contributed by atoms with E-state index >= 15 is 0 Å². The van der Waals surface area contributed by atoms with Crippen LogP contribution in [0.4, 0.5) is 4.39 Å². The number of nitrogens with one attached hydrogen (secondary N) is 1. The molecule has 2 aliphatic carbocycles. The number of halogens is 1. The Bertz CT molecular complexity index is 821. The third-order valence-corrected chi connectivity index (χ3v) is 5.22. The number of hydrogen-bond acceptors (Lipinski definition) is 1. The van der Waals surface area contributed by atoms with Crippen molar-refractivity contribution in [2.24, 2.45) is 0 Å². The molecule has 0 heterocycles. The Hall–Kier alpha value is -2.35. The molecular weight excluding hydrogens is 321 g/mol. The molecule has 2 heteroatoms. The van der Waals surface area contributed by atoms with Gasteiger partial charge in [-0.25, -0.2) is 4.39 Å². The predicted octanol–water partition coefficient (Wildman–Crippen LogP) is 6.12. The molecule has 0 saturated carbocycles. The summed E-state index contributed by atoms with van der Waals surface area (Å²) >= 11 is 0. The van der Waals surface area contributed by atoms with Gasteiger partial charge in [-0.3, -0.25) is 0 Å². The second-order valence-electron chi connectivity index (χ2n) is 7.15. The lowest BCUT2D eigenvalue weighted by Gasteiger charge is -2.19. The third-order valence-electron chi connectivity index (χ3n) is 5.22. The van der Waals surface area contributed by atoms with Crippen molar-refractivity contribution < 1.29 is 4.39 Å². The van der Waals surface area contributed by atoms with Gasteiger partial charge in [0.05, 0.1) is 0 Å². The van der Waals surface area contributed by atoms with Crippen molar-refractivity contribution in [1.82, 2.24) is 5.32 Å².